The molecule has 1 fully saturated rings. The van der Waals surface area contributed by atoms with E-state index >= 15 is 4.39 Å². The van der Waals surface area contributed by atoms with Crippen LogP contribution in [0.1, 0.15) is 29.7 Å². The normalized spacial score (nSPS) is 14.6. The van der Waals surface area contributed by atoms with Gasteiger partial charge >= 0.3 is 0 Å². The van der Waals surface area contributed by atoms with Crippen LogP contribution in [0, 0.1) is 11.6 Å². The maximum Gasteiger partial charge on any atom is 0.251 e. The smallest absolute Gasteiger partial charge is 0.251 e. The number of hydrogen-bond donors (Lipinski definition) is 2. The monoisotopic (exact) mass is 645 g/mol. The predicted octanol–water partition coefficient (Wildman–Crippen LogP) is 7.15. The fourth-order valence-corrected chi connectivity index (χ4v) is 5.48. The Labute approximate surface area is 266 Å². The largest absolute Gasteiger partial charge is 0.459 e. The number of nitrogens with zero attached hydrogens (tertiary/aromatic N) is 3. The number of hydrogen-bond acceptors (Lipinski definition) is 6. The number of thiocarbonyl (C=S) groups is 1. The quantitative estimate of drug-likeness (QED) is 0.110. The molecule has 1 aliphatic rings. The molecule has 0 saturated carbocycles. The Hall–Kier alpha value is -5.10. The minimum atomic E-state index is -2.68. The number of benzene rings is 2. The lowest BCUT2D eigenvalue weighted by molar-refractivity contribution is -0.116. The molecule has 3 N–H and O–H groups in total. The van der Waals surface area contributed by atoms with Crippen molar-refractivity contribution in [2.45, 2.75) is 25.3 Å². The minimum absolute atomic E-state index is 0.0470. The number of alkyl halides is 2. The summed E-state index contributed by atoms with van der Waals surface area (Å²) < 4.78 is 62.1. The van der Waals surface area contributed by atoms with E-state index < -0.39 is 17.6 Å². The number of furan rings is 1. The number of amides is 1. The number of nitrogens with one attached hydrogen (secondary N) is 1. The summed E-state index contributed by atoms with van der Waals surface area (Å²) in [7, 11) is 0. The third-order valence-corrected chi connectivity index (χ3v) is 8.14. The number of fused-ring (bicyclic) bond motifs is 1. The van der Waals surface area contributed by atoms with Gasteiger partial charge in [0.15, 0.2) is 0 Å². The van der Waals surface area contributed by atoms with Gasteiger partial charge in [-0.1, -0.05) is 12.2 Å². The number of nitrogens with two attached hydrogens (primary N) is 1. The highest BCUT2D eigenvalue weighted by atomic mass is 32.1. The van der Waals surface area contributed by atoms with Gasteiger partial charge in [-0.25, -0.2) is 22.5 Å². The molecule has 234 valence electrons. The Morgan fingerprint density at radius 3 is 2.50 bits per heavy atom. The molecular formula is C34H27F4N5O2S. The summed E-state index contributed by atoms with van der Waals surface area (Å²) in [5.74, 6) is -3.76. The second-order valence-corrected chi connectivity index (χ2v) is 11.3. The first-order valence-electron chi connectivity index (χ1n) is 14.4. The Bertz CT molecular complexity index is 1950. The first-order valence-corrected chi connectivity index (χ1v) is 14.8. The van der Waals surface area contributed by atoms with Gasteiger partial charge in [-0.15, -0.1) is 0 Å². The molecule has 1 amide bonds. The first-order chi connectivity index (χ1) is 22.0. The SMILES string of the molecule is Nc1ccc(C=CC(=O)NCc2cc3cc(-c4ccc(C(=S)N5CCC(F)(F)CC5)cn4)cc(-c4ccc(F)cc4F)c3o2)cn1. The molecule has 0 radical (unpaired) electrons. The van der Waals surface area contributed by atoms with E-state index in [1.807, 2.05) is 6.07 Å². The summed E-state index contributed by atoms with van der Waals surface area (Å²) in [6.07, 6.45) is 5.57. The second-order valence-electron chi connectivity index (χ2n) is 10.9. The summed E-state index contributed by atoms with van der Waals surface area (Å²) in [5.41, 5.74) is 8.92. The highest BCUT2D eigenvalue weighted by Crippen LogP contribution is 2.37. The van der Waals surface area contributed by atoms with Gasteiger partial charge in [-0.3, -0.25) is 9.78 Å². The molecular weight excluding hydrogens is 618 g/mol. The highest BCUT2D eigenvalue weighted by molar-refractivity contribution is 7.80. The van der Waals surface area contributed by atoms with Gasteiger partial charge in [0.05, 0.1) is 12.2 Å². The summed E-state index contributed by atoms with van der Waals surface area (Å²) in [5, 5.41) is 3.37. The molecule has 46 heavy (non-hydrogen) atoms. The molecule has 5 aromatic rings. The lowest BCUT2D eigenvalue weighted by atomic mass is 9.98. The Morgan fingerprint density at radius 2 is 1.80 bits per heavy atom. The first kappa shape index (κ1) is 30.9. The van der Waals surface area contributed by atoms with Crippen molar-refractivity contribution < 1.29 is 26.8 Å². The molecule has 2 aromatic carbocycles. The number of pyridine rings is 2. The average molecular weight is 646 g/mol. The molecule has 1 saturated heterocycles. The van der Waals surface area contributed by atoms with Crippen molar-refractivity contribution >= 4 is 46.0 Å². The van der Waals surface area contributed by atoms with E-state index in [1.54, 1.807) is 59.8 Å². The van der Waals surface area contributed by atoms with Crippen LogP contribution in [0.2, 0.25) is 0 Å². The van der Waals surface area contributed by atoms with Gasteiger partial charge < -0.3 is 20.4 Å². The van der Waals surface area contributed by atoms with E-state index in [4.69, 9.17) is 22.4 Å². The van der Waals surface area contributed by atoms with Crippen LogP contribution in [-0.4, -0.2) is 44.8 Å². The zero-order chi connectivity index (χ0) is 32.4. The Morgan fingerprint density at radius 1 is 1.00 bits per heavy atom. The number of halogens is 4. The van der Waals surface area contributed by atoms with Crippen LogP contribution in [0.5, 0.6) is 0 Å². The third kappa shape index (κ3) is 6.91. The van der Waals surface area contributed by atoms with Crippen molar-refractivity contribution in [1.82, 2.24) is 20.2 Å². The third-order valence-electron chi connectivity index (χ3n) is 7.65. The fraction of sp³-hybridized carbons (Fsp3) is 0.176. The lowest BCUT2D eigenvalue weighted by Gasteiger charge is -2.33. The Kier molecular flexibility index (Phi) is 8.55. The fourth-order valence-electron chi connectivity index (χ4n) is 5.18. The number of anilines is 1. The van der Waals surface area contributed by atoms with Gasteiger partial charge in [-0.2, -0.15) is 0 Å². The summed E-state index contributed by atoms with van der Waals surface area (Å²) >= 11 is 5.55. The van der Waals surface area contributed by atoms with E-state index in [2.05, 4.69) is 15.3 Å². The molecule has 0 unspecified atom stereocenters. The molecule has 1 aliphatic heterocycles. The van der Waals surface area contributed by atoms with Gasteiger partial charge in [0, 0.05) is 78.1 Å². The van der Waals surface area contributed by atoms with E-state index in [1.165, 1.54) is 12.1 Å². The predicted molar refractivity (Wildman–Crippen MR) is 172 cm³/mol. The molecule has 0 spiro atoms. The lowest BCUT2D eigenvalue weighted by Crippen LogP contribution is -2.42. The van der Waals surface area contributed by atoms with E-state index in [-0.39, 0.29) is 43.9 Å². The second kappa shape index (κ2) is 12.7. The molecule has 3 aromatic heterocycles. The summed E-state index contributed by atoms with van der Waals surface area (Å²) in [6, 6.07) is 15.4. The van der Waals surface area contributed by atoms with Gasteiger partial charge in [0.2, 0.25) is 5.91 Å². The number of carbonyl (C=O) groups excluding carboxylic acids is 1. The van der Waals surface area contributed by atoms with Crippen LogP contribution in [0.15, 0.2) is 83.6 Å². The van der Waals surface area contributed by atoms with Crippen molar-refractivity contribution in [3.63, 3.8) is 0 Å². The average Bonchev–Trinajstić information content (AvgIpc) is 3.46. The summed E-state index contributed by atoms with van der Waals surface area (Å²) in [6.45, 7) is 0.373. The molecule has 0 atom stereocenters. The van der Waals surface area contributed by atoms with Gasteiger partial charge in [-0.05, 0) is 66.2 Å². The molecule has 7 nitrogen and oxygen atoms in total. The molecule has 4 heterocycles. The van der Waals surface area contributed by atoms with Crippen LogP contribution in [-0.2, 0) is 11.3 Å². The maximum absolute atomic E-state index is 15.0. The van der Waals surface area contributed by atoms with Crippen molar-refractivity contribution in [2.75, 3.05) is 18.8 Å². The number of nitrogen functional groups attached to an aromatic ring is 1. The van der Waals surface area contributed by atoms with Crippen LogP contribution in [0.25, 0.3) is 39.4 Å². The van der Waals surface area contributed by atoms with Crippen molar-refractivity contribution in [3.8, 4) is 22.4 Å². The van der Waals surface area contributed by atoms with Crippen molar-refractivity contribution in [3.05, 3.63) is 108 Å². The molecule has 12 heteroatoms. The van der Waals surface area contributed by atoms with Crippen LogP contribution in [0.4, 0.5) is 23.4 Å². The van der Waals surface area contributed by atoms with Crippen molar-refractivity contribution in [1.29, 1.82) is 0 Å². The number of aromatic nitrogens is 2. The highest BCUT2D eigenvalue weighted by Gasteiger charge is 2.34. The van der Waals surface area contributed by atoms with Gasteiger partial charge in [0.1, 0.15) is 33.8 Å². The van der Waals surface area contributed by atoms with E-state index in [0.717, 1.165) is 12.1 Å². The van der Waals surface area contributed by atoms with Crippen LogP contribution < -0.4 is 11.1 Å². The minimum Gasteiger partial charge on any atom is -0.459 e. The van der Waals surface area contributed by atoms with Crippen molar-refractivity contribution in [2.24, 2.45) is 0 Å². The number of piperidine rings is 1. The molecule has 0 aliphatic carbocycles. The van der Waals surface area contributed by atoms with Crippen LogP contribution in [0.3, 0.4) is 0 Å². The van der Waals surface area contributed by atoms with Gasteiger partial charge in [0.25, 0.3) is 5.92 Å². The van der Waals surface area contributed by atoms with Crippen LogP contribution >= 0.6 is 12.2 Å². The molecule has 0 bridgehead atoms. The summed E-state index contributed by atoms with van der Waals surface area (Å²) in [4.78, 5) is 23.2. The topological polar surface area (TPSA) is 97.3 Å². The van der Waals surface area contributed by atoms with E-state index in [9.17, 15) is 18.0 Å². The zero-order valence-electron chi connectivity index (χ0n) is 24.3. The Balaban J connectivity index is 1.27. The maximum atomic E-state index is 15.0. The number of rotatable bonds is 7. The number of carbonyl (C=O) groups is 1. The number of likely N-dealkylation sites (tertiary alicyclic amines) is 1. The molecule has 6 rings (SSSR count). The van der Waals surface area contributed by atoms with E-state index in [0.29, 0.717) is 55.5 Å². The standard InChI is InChI=1S/C34H27F4N5O2S/c35-24-4-5-26(28(36)16-24)27-15-22(29-6-3-21(18-40-29)33(46)43-11-9-34(37,38)10-12-43)13-23-14-25(45-32(23)27)19-42-31(44)8-2-20-1-7-30(39)41-17-20/h1-8,13-18H,9-12,19H2,(H2,39,41)(H,42,44). The zero-order valence-corrected chi connectivity index (χ0v) is 25.1.